The van der Waals surface area contributed by atoms with E-state index in [9.17, 15) is 4.79 Å². The third-order valence-electron chi connectivity index (χ3n) is 6.92. The van der Waals surface area contributed by atoms with Gasteiger partial charge < -0.3 is 23.6 Å². The average Bonchev–Trinajstić information content (AvgIpc) is 3.61. The lowest BCUT2D eigenvalue weighted by atomic mass is 10.0. The number of para-hydroxylation sites is 1. The van der Waals surface area contributed by atoms with Gasteiger partial charge in [-0.05, 0) is 60.4 Å². The number of benzene rings is 2. The molecule has 4 heterocycles. The van der Waals surface area contributed by atoms with Gasteiger partial charge in [-0.3, -0.25) is 4.79 Å². The van der Waals surface area contributed by atoms with E-state index in [1.54, 1.807) is 13.4 Å². The van der Waals surface area contributed by atoms with Gasteiger partial charge in [-0.15, -0.1) is 0 Å². The number of ether oxygens (including phenoxy) is 1. The van der Waals surface area contributed by atoms with Gasteiger partial charge in [0.2, 0.25) is 0 Å². The topological polar surface area (TPSA) is 63.4 Å². The number of rotatable bonds is 5. The number of carbonyl (C=O) groups excluding carboxylic acids is 1. The van der Waals surface area contributed by atoms with E-state index in [0.29, 0.717) is 31.1 Å². The number of amides is 1. The van der Waals surface area contributed by atoms with E-state index in [0.717, 1.165) is 40.1 Å². The highest BCUT2D eigenvalue weighted by atomic mass is 16.5. The quantitative estimate of drug-likeness (QED) is 0.357. The highest BCUT2D eigenvalue weighted by Crippen LogP contribution is 2.33. The summed E-state index contributed by atoms with van der Waals surface area (Å²) in [6.07, 6.45) is 4.54. The van der Waals surface area contributed by atoms with E-state index in [1.165, 1.54) is 10.9 Å². The van der Waals surface area contributed by atoms with Crippen molar-refractivity contribution in [1.82, 2.24) is 14.5 Å². The lowest BCUT2D eigenvalue weighted by Crippen LogP contribution is -2.37. The number of hydrogen-bond acceptors (Lipinski definition) is 3. The van der Waals surface area contributed by atoms with Gasteiger partial charge in [-0.1, -0.05) is 30.3 Å². The predicted octanol–water partition coefficient (Wildman–Crippen LogP) is 5.79. The summed E-state index contributed by atoms with van der Waals surface area (Å²) in [6.45, 7) is 3.86. The first-order valence-corrected chi connectivity index (χ1v) is 11.9. The monoisotopic (exact) mass is 465 g/mol. The Morgan fingerprint density at radius 1 is 1.09 bits per heavy atom. The Morgan fingerprint density at radius 2 is 1.91 bits per heavy atom. The number of H-pyrrole nitrogens is 1. The minimum absolute atomic E-state index is 0.0160. The van der Waals surface area contributed by atoms with Gasteiger partial charge in [0.15, 0.2) is 0 Å². The Balaban J connectivity index is 1.38. The zero-order valence-corrected chi connectivity index (χ0v) is 19.9. The number of aromatic nitrogens is 2. The molecule has 1 amide bonds. The van der Waals surface area contributed by atoms with Crippen LogP contribution < -0.4 is 4.74 Å². The molecule has 0 spiro atoms. The maximum Gasteiger partial charge on any atom is 0.271 e. The number of methoxy groups -OCH3 is 1. The number of aryl methyl sites for hydroxylation is 1. The molecule has 3 aromatic heterocycles. The fraction of sp³-hybridized carbons (Fsp3) is 0.207. The van der Waals surface area contributed by atoms with Crippen LogP contribution in [0.3, 0.4) is 0 Å². The van der Waals surface area contributed by atoms with Crippen LogP contribution in [0.2, 0.25) is 0 Å². The van der Waals surface area contributed by atoms with Crippen molar-refractivity contribution in [3.05, 3.63) is 101 Å². The van der Waals surface area contributed by atoms with Crippen molar-refractivity contribution in [1.29, 1.82) is 0 Å². The van der Waals surface area contributed by atoms with Crippen LogP contribution in [0.1, 0.15) is 32.9 Å². The molecule has 1 aliphatic rings. The fourth-order valence-electron chi connectivity index (χ4n) is 5.22. The first-order valence-electron chi connectivity index (χ1n) is 11.9. The molecule has 0 fully saturated rings. The zero-order valence-electron chi connectivity index (χ0n) is 19.9. The van der Waals surface area contributed by atoms with Crippen molar-refractivity contribution >= 4 is 16.8 Å². The van der Waals surface area contributed by atoms with Crippen LogP contribution in [-0.4, -0.2) is 34.0 Å². The normalized spacial score (nSPS) is 13.3. The SMILES string of the molecule is COc1ccc(Cn2cc(C)c(-c3ccco3)c2C(=O)N2CCc3c([nH]c4ccccc34)C2)cc1. The molecule has 5 aromatic rings. The lowest BCUT2D eigenvalue weighted by molar-refractivity contribution is 0.0723. The number of carbonyl (C=O) groups is 1. The van der Waals surface area contributed by atoms with Crippen LogP contribution >= 0.6 is 0 Å². The van der Waals surface area contributed by atoms with Crippen LogP contribution in [-0.2, 0) is 19.5 Å². The van der Waals surface area contributed by atoms with Crippen LogP contribution in [0.15, 0.2) is 77.5 Å². The Bertz CT molecular complexity index is 1510. The molecule has 35 heavy (non-hydrogen) atoms. The largest absolute Gasteiger partial charge is 0.497 e. The van der Waals surface area contributed by atoms with Crippen molar-refractivity contribution in [3.63, 3.8) is 0 Å². The van der Waals surface area contributed by atoms with Crippen LogP contribution in [0.4, 0.5) is 0 Å². The molecule has 0 saturated heterocycles. The number of furan rings is 1. The molecular formula is C29H27N3O3. The van der Waals surface area contributed by atoms with Crippen LogP contribution in [0.5, 0.6) is 5.75 Å². The van der Waals surface area contributed by atoms with E-state index in [2.05, 4.69) is 27.8 Å². The third kappa shape index (κ3) is 3.71. The molecule has 6 nitrogen and oxygen atoms in total. The number of nitrogens with zero attached hydrogens (tertiary/aromatic N) is 2. The summed E-state index contributed by atoms with van der Waals surface area (Å²) in [5.74, 6) is 1.54. The number of fused-ring (bicyclic) bond motifs is 3. The maximum atomic E-state index is 14.1. The molecule has 0 bridgehead atoms. The third-order valence-corrected chi connectivity index (χ3v) is 6.92. The summed E-state index contributed by atoms with van der Waals surface area (Å²) in [5, 5.41) is 1.25. The summed E-state index contributed by atoms with van der Waals surface area (Å²) in [7, 11) is 1.66. The Morgan fingerprint density at radius 3 is 2.69 bits per heavy atom. The standard InChI is InChI=1S/C29H27N3O3/c1-19-16-32(17-20-9-11-21(34-2)12-10-20)28(27(19)26-8-5-15-35-26)29(33)31-14-13-23-22-6-3-4-7-24(22)30-25(23)18-31/h3-12,15-16,30H,13-14,17-18H2,1-2H3. The Kier molecular flexibility index (Phi) is 5.21. The van der Waals surface area contributed by atoms with Gasteiger partial charge in [0.1, 0.15) is 17.2 Å². The Labute approximate surface area is 203 Å². The van der Waals surface area contributed by atoms with Gasteiger partial charge in [-0.2, -0.15) is 0 Å². The molecule has 0 atom stereocenters. The molecule has 0 aliphatic carbocycles. The van der Waals surface area contributed by atoms with Crippen LogP contribution in [0.25, 0.3) is 22.2 Å². The highest BCUT2D eigenvalue weighted by molar-refractivity contribution is 6.00. The molecule has 0 radical (unpaired) electrons. The van der Waals surface area contributed by atoms with E-state index in [4.69, 9.17) is 9.15 Å². The van der Waals surface area contributed by atoms with Crippen molar-refractivity contribution in [2.45, 2.75) is 26.4 Å². The van der Waals surface area contributed by atoms with Gasteiger partial charge in [0, 0.05) is 35.9 Å². The Hall–Kier alpha value is -4.19. The van der Waals surface area contributed by atoms with Crippen LogP contribution in [0, 0.1) is 6.92 Å². The van der Waals surface area contributed by atoms with E-state index < -0.39 is 0 Å². The first kappa shape index (κ1) is 21.4. The molecule has 6 heteroatoms. The van der Waals surface area contributed by atoms with Gasteiger partial charge in [0.05, 0.1) is 25.5 Å². The molecular weight excluding hydrogens is 438 g/mol. The summed E-state index contributed by atoms with van der Waals surface area (Å²) in [5.41, 5.74) is 7.19. The molecule has 0 saturated carbocycles. The van der Waals surface area contributed by atoms with E-state index >= 15 is 0 Å². The van der Waals surface area contributed by atoms with Crippen molar-refractivity contribution < 1.29 is 13.9 Å². The number of aromatic amines is 1. The molecule has 176 valence electrons. The van der Waals surface area contributed by atoms with Gasteiger partial charge in [0.25, 0.3) is 5.91 Å². The van der Waals surface area contributed by atoms with Crippen molar-refractivity contribution in [3.8, 4) is 17.1 Å². The zero-order chi connectivity index (χ0) is 23.9. The molecule has 0 unspecified atom stereocenters. The summed E-state index contributed by atoms with van der Waals surface area (Å²) in [6, 6.07) is 20.1. The van der Waals surface area contributed by atoms with Crippen molar-refractivity contribution in [2.24, 2.45) is 0 Å². The van der Waals surface area contributed by atoms with E-state index in [1.807, 2.05) is 60.5 Å². The fourth-order valence-corrected chi connectivity index (χ4v) is 5.22. The minimum atomic E-state index is 0.0160. The second-order valence-electron chi connectivity index (χ2n) is 9.09. The second kappa shape index (κ2) is 8.55. The molecule has 1 aliphatic heterocycles. The molecule has 6 rings (SSSR count). The second-order valence-corrected chi connectivity index (χ2v) is 9.09. The maximum absolute atomic E-state index is 14.1. The summed E-state index contributed by atoms with van der Waals surface area (Å²) < 4.78 is 13.1. The molecule has 2 aromatic carbocycles. The average molecular weight is 466 g/mol. The van der Waals surface area contributed by atoms with Gasteiger partial charge in [-0.25, -0.2) is 0 Å². The predicted molar refractivity (Wildman–Crippen MR) is 136 cm³/mol. The first-order chi connectivity index (χ1) is 17.1. The number of hydrogen-bond donors (Lipinski definition) is 1. The van der Waals surface area contributed by atoms with Gasteiger partial charge >= 0.3 is 0 Å². The minimum Gasteiger partial charge on any atom is -0.497 e. The smallest absolute Gasteiger partial charge is 0.271 e. The summed E-state index contributed by atoms with van der Waals surface area (Å²) >= 11 is 0. The highest BCUT2D eigenvalue weighted by Gasteiger charge is 2.30. The summed E-state index contributed by atoms with van der Waals surface area (Å²) in [4.78, 5) is 19.6. The van der Waals surface area contributed by atoms with Crippen molar-refractivity contribution in [2.75, 3.05) is 13.7 Å². The van der Waals surface area contributed by atoms with E-state index in [-0.39, 0.29) is 5.91 Å². The lowest BCUT2D eigenvalue weighted by Gasteiger charge is -2.28. The number of nitrogens with one attached hydrogen (secondary N) is 1. The molecule has 1 N–H and O–H groups in total.